The highest BCUT2D eigenvalue weighted by Crippen LogP contribution is 2.20. The molecule has 4 nitrogen and oxygen atoms in total. The van der Waals surface area contributed by atoms with E-state index >= 15 is 0 Å². The molecule has 1 heterocycles. The molecule has 4 heteroatoms. The number of hydrogen-bond donors (Lipinski definition) is 2. The lowest BCUT2D eigenvalue weighted by atomic mass is 9.92. The van der Waals surface area contributed by atoms with Gasteiger partial charge in [-0.25, -0.2) is 0 Å². The second-order valence-corrected chi connectivity index (χ2v) is 6.08. The first-order chi connectivity index (χ1) is 9.45. The zero-order chi connectivity index (χ0) is 15.1. The third-order valence-corrected chi connectivity index (χ3v) is 4.17. The number of amides is 2. The summed E-state index contributed by atoms with van der Waals surface area (Å²) in [4.78, 5) is 23.6. The lowest BCUT2D eigenvalue weighted by Gasteiger charge is -2.20. The maximum absolute atomic E-state index is 12.0. The van der Waals surface area contributed by atoms with Crippen molar-refractivity contribution in [3.8, 4) is 0 Å². The van der Waals surface area contributed by atoms with Crippen LogP contribution in [-0.4, -0.2) is 24.9 Å². The van der Waals surface area contributed by atoms with Crippen molar-refractivity contribution < 1.29 is 9.59 Å². The average Bonchev–Trinajstić information content (AvgIpc) is 2.80. The molecule has 114 valence electrons. The first-order valence-electron chi connectivity index (χ1n) is 7.64. The monoisotopic (exact) mass is 280 g/mol. The van der Waals surface area contributed by atoms with Crippen molar-refractivity contribution in [3.05, 3.63) is 12.2 Å². The first kappa shape index (κ1) is 16.7. The van der Waals surface area contributed by atoms with Gasteiger partial charge in [-0.15, -0.1) is 0 Å². The van der Waals surface area contributed by atoms with E-state index in [1.54, 1.807) is 0 Å². The average molecular weight is 280 g/mol. The lowest BCUT2D eigenvalue weighted by molar-refractivity contribution is -0.125. The molecular formula is C16H28N2O2. The van der Waals surface area contributed by atoms with Crippen molar-refractivity contribution in [2.24, 2.45) is 23.7 Å². The van der Waals surface area contributed by atoms with Gasteiger partial charge in [0.2, 0.25) is 11.8 Å². The molecular weight excluding hydrogens is 252 g/mol. The maximum Gasteiger partial charge on any atom is 0.223 e. The molecule has 1 fully saturated rings. The second kappa shape index (κ2) is 8.08. The molecule has 1 saturated heterocycles. The Labute approximate surface area is 122 Å². The Kier molecular flexibility index (Phi) is 6.76. The predicted molar refractivity (Wildman–Crippen MR) is 81.0 cm³/mol. The smallest absolute Gasteiger partial charge is 0.223 e. The molecule has 0 saturated carbocycles. The fraction of sp³-hybridized carbons (Fsp3) is 0.750. The highest BCUT2D eigenvalue weighted by Gasteiger charge is 2.26. The number of carbonyl (C=O) groups is 2. The van der Waals surface area contributed by atoms with Gasteiger partial charge >= 0.3 is 0 Å². The van der Waals surface area contributed by atoms with Crippen molar-refractivity contribution in [2.45, 2.75) is 40.5 Å². The molecule has 1 aliphatic rings. The normalized spacial score (nSPS) is 22.1. The molecule has 0 spiro atoms. The van der Waals surface area contributed by atoms with Crippen LogP contribution in [-0.2, 0) is 9.59 Å². The summed E-state index contributed by atoms with van der Waals surface area (Å²) in [5, 5.41) is 5.88. The third kappa shape index (κ3) is 4.99. The van der Waals surface area contributed by atoms with E-state index in [-0.39, 0.29) is 29.6 Å². The molecule has 0 aromatic carbocycles. The van der Waals surface area contributed by atoms with Gasteiger partial charge in [-0.2, -0.15) is 0 Å². The molecule has 2 N–H and O–H groups in total. The van der Waals surface area contributed by atoms with E-state index in [1.807, 2.05) is 19.9 Å². The summed E-state index contributed by atoms with van der Waals surface area (Å²) >= 11 is 0. The minimum atomic E-state index is 0.0241. The van der Waals surface area contributed by atoms with Crippen LogP contribution in [0.1, 0.15) is 40.5 Å². The topological polar surface area (TPSA) is 58.2 Å². The van der Waals surface area contributed by atoms with E-state index in [1.165, 1.54) is 0 Å². The Morgan fingerprint density at radius 2 is 2.15 bits per heavy atom. The van der Waals surface area contributed by atoms with Crippen molar-refractivity contribution in [3.63, 3.8) is 0 Å². The summed E-state index contributed by atoms with van der Waals surface area (Å²) in [7, 11) is 0. The van der Waals surface area contributed by atoms with Gasteiger partial charge in [0.1, 0.15) is 0 Å². The fourth-order valence-corrected chi connectivity index (χ4v) is 2.43. The van der Waals surface area contributed by atoms with Crippen LogP contribution in [0.5, 0.6) is 0 Å². The molecule has 0 aromatic heterocycles. The van der Waals surface area contributed by atoms with E-state index in [0.29, 0.717) is 12.5 Å². The number of allylic oxidation sites excluding steroid dienone is 1. The quantitative estimate of drug-likeness (QED) is 0.702. The van der Waals surface area contributed by atoms with E-state index in [9.17, 15) is 9.59 Å². The number of rotatable bonds is 7. The molecule has 0 aliphatic carbocycles. The van der Waals surface area contributed by atoms with Crippen molar-refractivity contribution >= 4 is 11.8 Å². The summed E-state index contributed by atoms with van der Waals surface area (Å²) in [6.07, 6.45) is 5.80. The summed E-state index contributed by atoms with van der Waals surface area (Å²) in [6, 6.07) is 0. The van der Waals surface area contributed by atoms with Crippen molar-refractivity contribution in [1.29, 1.82) is 0 Å². The highest BCUT2D eigenvalue weighted by molar-refractivity contribution is 5.80. The van der Waals surface area contributed by atoms with Crippen molar-refractivity contribution in [2.75, 3.05) is 13.1 Å². The SMILES string of the molecule is C/C=C/C(CNC(=O)C(C)C(C)C)CC1CCNC1=O. The van der Waals surface area contributed by atoms with Crippen LogP contribution in [0.3, 0.4) is 0 Å². The van der Waals surface area contributed by atoms with Crippen LogP contribution < -0.4 is 10.6 Å². The second-order valence-electron chi connectivity index (χ2n) is 6.08. The Morgan fingerprint density at radius 1 is 1.45 bits per heavy atom. The zero-order valence-electron chi connectivity index (χ0n) is 13.1. The molecule has 3 unspecified atom stereocenters. The van der Waals surface area contributed by atoms with E-state index in [4.69, 9.17) is 0 Å². The summed E-state index contributed by atoms with van der Waals surface area (Å²) < 4.78 is 0. The van der Waals surface area contributed by atoms with Crippen LogP contribution in [0.2, 0.25) is 0 Å². The van der Waals surface area contributed by atoms with Gasteiger partial charge in [-0.3, -0.25) is 9.59 Å². The molecule has 0 bridgehead atoms. The van der Waals surface area contributed by atoms with Gasteiger partial charge in [0.15, 0.2) is 0 Å². The predicted octanol–water partition coefficient (Wildman–Crippen LogP) is 2.11. The zero-order valence-corrected chi connectivity index (χ0v) is 13.1. The Balaban J connectivity index is 2.47. The summed E-state index contributed by atoms with van der Waals surface area (Å²) in [6.45, 7) is 9.43. The van der Waals surface area contributed by atoms with Gasteiger partial charge in [-0.05, 0) is 31.6 Å². The molecule has 3 atom stereocenters. The van der Waals surface area contributed by atoms with Crippen molar-refractivity contribution in [1.82, 2.24) is 10.6 Å². The van der Waals surface area contributed by atoms with Gasteiger partial charge in [0.05, 0.1) is 0 Å². The molecule has 1 aliphatic heterocycles. The van der Waals surface area contributed by atoms with Crippen LogP contribution in [0.4, 0.5) is 0 Å². The van der Waals surface area contributed by atoms with Crippen LogP contribution in [0.15, 0.2) is 12.2 Å². The van der Waals surface area contributed by atoms with Crippen LogP contribution in [0, 0.1) is 23.7 Å². The van der Waals surface area contributed by atoms with Gasteiger partial charge in [0, 0.05) is 24.9 Å². The Hall–Kier alpha value is -1.32. The van der Waals surface area contributed by atoms with E-state index in [0.717, 1.165) is 19.4 Å². The largest absolute Gasteiger partial charge is 0.356 e. The van der Waals surface area contributed by atoms with E-state index < -0.39 is 0 Å². The Morgan fingerprint density at radius 3 is 2.65 bits per heavy atom. The number of hydrogen-bond acceptors (Lipinski definition) is 2. The minimum Gasteiger partial charge on any atom is -0.356 e. The van der Waals surface area contributed by atoms with Gasteiger partial charge in [0.25, 0.3) is 0 Å². The van der Waals surface area contributed by atoms with Crippen LogP contribution >= 0.6 is 0 Å². The molecule has 2 amide bonds. The standard InChI is InChI=1S/C16H28N2O2/c1-5-6-13(9-14-7-8-17-16(14)20)10-18-15(19)12(4)11(2)3/h5-6,11-14H,7-10H2,1-4H3,(H,17,20)(H,18,19)/b6-5+. The highest BCUT2D eigenvalue weighted by atomic mass is 16.2. The first-order valence-corrected chi connectivity index (χ1v) is 7.64. The summed E-state index contributed by atoms with van der Waals surface area (Å²) in [5.74, 6) is 0.950. The summed E-state index contributed by atoms with van der Waals surface area (Å²) in [5.41, 5.74) is 0. The number of carbonyl (C=O) groups excluding carboxylic acids is 2. The van der Waals surface area contributed by atoms with Gasteiger partial charge in [-0.1, -0.05) is 32.9 Å². The maximum atomic E-state index is 12.0. The fourth-order valence-electron chi connectivity index (χ4n) is 2.43. The molecule has 1 rings (SSSR count). The van der Waals surface area contributed by atoms with Crippen LogP contribution in [0.25, 0.3) is 0 Å². The molecule has 0 aromatic rings. The number of nitrogens with one attached hydrogen (secondary N) is 2. The van der Waals surface area contributed by atoms with E-state index in [2.05, 4.69) is 30.6 Å². The molecule has 20 heavy (non-hydrogen) atoms. The third-order valence-electron chi connectivity index (χ3n) is 4.17. The minimum absolute atomic E-state index is 0.0241. The van der Waals surface area contributed by atoms with Gasteiger partial charge < -0.3 is 10.6 Å². The molecule has 0 radical (unpaired) electrons. The lowest BCUT2D eigenvalue weighted by Crippen LogP contribution is -2.35. The Bertz CT molecular complexity index is 363.